The summed E-state index contributed by atoms with van der Waals surface area (Å²) >= 11 is 0. The molecule has 1 aliphatic heterocycles. The lowest BCUT2D eigenvalue weighted by Gasteiger charge is -2.31. The summed E-state index contributed by atoms with van der Waals surface area (Å²) < 4.78 is 13.1. The van der Waals surface area contributed by atoms with Crippen molar-refractivity contribution in [1.82, 2.24) is 4.90 Å². The maximum Gasteiger partial charge on any atom is 0.329 e. The molecule has 0 bridgehead atoms. The van der Waals surface area contributed by atoms with Crippen LogP contribution in [0.15, 0.2) is 24.3 Å². The molecule has 4 nitrogen and oxygen atoms in total. The molecule has 102 valence electrons. The van der Waals surface area contributed by atoms with Gasteiger partial charge in [-0.1, -0.05) is 12.1 Å². The van der Waals surface area contributed by atoms with Crippen molar-refractivity contribution in [2.24, 2.45) is 0 Å². The molecule has 19 heavy (non-hydrogen) atoms. The number of aliphatic carboxylic acids is 1. The van der Waals surface area contributed by atoms with Crippen molar-refractivity contribution < 1.29 is 19.1 Å². The molecule has 1 aliphatic rings. The Balaban J connectivity index is 2.14. The van der Waals surface area contributed by atoms with Gasteiger partial charge in [-0.3, -0.25) is 4.79 Å². The summed E-state index contributed by atoms with van der Waals surface area (Å²) in [5.74, 6) is -1.65. The molecule has 5 heteroatoms. The van der Waals surface area contributed by atoms with Crippen molar-refractivity contribution in [3.05, 3.63) is 35.6 Å². The van der Waals surface area contributed by atoms with Gasteiger partial charge in [-0.25, -0.2) is 9.18 Å². The average molecular weight is 265 g/mol. The standard InChI is InChI=1S/C14H16FNO3/c1-14(13(18)19)6-3-7-16(14)12(17)9-10-4-2-5-11(15)8-10/h2,4-5,8H,3,6-7,9H2,1H3,(H,18,19). The fourth-order valence-corrected chi connectivity index (χ4v) is 2.50. The van der Waals surface area contributed by atoms with Crippen LogP contribution in [0, 0.1) is 5.82 Å². The summed E-state index contributed by atoms with van der Waals surface area (Å²) in [6.07, 6.45) is 1.16. The van der Waals surface area contributed by atoms with E-state index >= 15 is 0 Å². The zero-order valence-corrected chi connectivity index (χ0v) is 10.7. The van der Waals surface area contributed by atoms with Gasteiger partial charge in [0.15, 0.2) is 0 Å². The molecule has 2 rings (SSSR count). The number of carbonyl (C=O) groups is 2. The number of halogens is 1. The molecular weight excluding hydrogens is 249 g/mol. The number of benzene rings is 1. The van der Waals surface area contributed by atoms with Gasteiger partial charge in [0.2, 0.25) is 5.91 Å². The minimum absolute atomic E-state index is 0.0284. The Kier molecular flexibility index (Phi) is 3.55. The molecule has 1 N–H and O–H groups in total. The van der Waals surface area contributed by atoms with E-state index in [4.69, 9.17) is 0 Å². The number of carboxylic acid groups (broad SMARTS) is 1. The predicted octanol–water partition coefficient (Wildman–Crippen LogP) is 1.83. The number of carboxylic acids is 1. The lowest BCUT2D eigenvalue weighted by atomic mass is 9.98. The second kappa shape index (κ2) is 4.99. The molecule has 1 heterocycles. The Bertz CT molecular complexity index is 517. The minimum Gasteiger partial charge on any atom is -0.480 e. The van der Waals surface area contributed by atoms with Crippen LogP contribution in [0.2, 0.25) is 0 Å². The van der Waals surface area contributed by atoms with Gasteiger partial charge in [0.05, 0.1) is 6.42 Å². The van der Waals surface area contributed by atoms with E-state index in [0.29, 0.717) is 24.9 Å². The van der Waals surface area contributed by atoms with E-state index in [2.05, 4.69) is 0 Å². The fourth-order valence-electron chi connectivity index (χ4n) is 2.50. The minimum atomic E-state index is -1.13. The highest BCUT2D eigenvalue weighted by Gasteiger charge is 2.45. The third kappa shape index (κ3) is 2.59. The van der Waals surface area contributed by atoms with Crippen molar-refractivity contribution in [3.63, 3.8) is 0 Å². The molecule has 1 saturated heterocycles. The summed E-state index contributed by atoms with van der Waals surface area (Å²) in [7, 11) is 0. The van der Waals surface area contributed by atoms with E-state index in [9.17, 15) is 19.1 Å². The normalized spacial score (nSPS) is 22.5. The molecule has 1 aromatic carbocycles. The van der Waals surface area contributed by atoms with Crippen LogP contribution in [0.1, 0.15) is 25.3 Å². The highest BCUT2D eigenvalue weighted by Crippen LogP contribution is 2.29. The smallest absolute Gasteiger partial charge is 0.329 e. The quantitative estimate of drug-likeness (QED) is 0.907. The Morgan fingerprint density at radius 3 is 2.84 bits per heavy atom. The van der Waals surface area contributed by atoms with E-state index in [-0.39, 0.29) is 12.3 Å². The molecule has 1 aromatic rings. The van der Waals surface area contributed by atoms with E-state index < -0.39 is 17.3 Å². The monoisotopic (exact) mass is 265 g/mol. The summed E-state index contributed by atoms with van der Waals surface area (Å²) in [5, 5.41) is 9.25. The highest BCUT2D eigenvalue weighted by molar-refractivity contribution is 5.88. The molecule has 1 unspecified atom stereocenters. The molecule has 0 spiro atoms. The van der Waals surface area contributed by atoms with Crippen LogP contribution in [0.5, 0.6) is 0 Å². The molecule has 0 radical (unpaired) electrons. The molecule has 0 aromatic heterocycles. The fraction of sp³-hybridized carbons (Fsp3) is 0.429. The Morgan fingerprint density at radius 2 is 2.21 bits per heavy atom. The zero-order valence-electron chi connectivity index (χ0n) is 10.7. The van der Waals surface area contributed by atoms with E-state index in [1.165, 1.54) is 17.0 Å². The number of carbonyl (C=O) groups excluding carboxylic acids is 1. The Labute approximate surface area is 110 Å². The summed E-state index contributed by atoms with van der Waals surface area (Å²) in [4.78, 5) is 24.9. The SMILES string of the molecule is CC1(C(=O)O)CCCN1C(=O)Cc1cccc(F)c1. The third-order valence-electron chi connectivity index (χ3n) is 3.65. The first kappa shape index (κ1) is 13.5. The van der Waals surface area contributed by atoms with Crippen molar-refractivity contribution in [2.45, 2.75) is 31.7 Å². The first-order chi connectivity index (χ1) is 8.93. The Morgan fingerprint density at radius 1 is 1.47 bits per heavy atom. The summed E-state index contributed by atoms with van der Waals surface area (Å²) in [5.41, 5.74) is -0.575. The lowest BCUT2D eigenvalue weighted by Crippen LogP contribution is -2.51. The van der Waals surface area contributed by atoms with E-state index in [0.717, 1.165) is 0 Å². The maximum absolute atomic E-state index is 13.1. The zero-order chi connectivity index (χ0) is 14.0. The van der Waals surface area contributed by atoms with Crippen LogP contribution in [-0.4, -0.2) is 34.0 Å². The van der Waals surface area contributed by atoms with Gasteiger partial charge in [0, 0.05) is 6.54 Å². The molecule has 1 fully saturated rings. The lowest BCUT2D eigenvalue weighted by molar-refractivity contribution is -0.155. The topological polar surface area (TPSA) is 57.6 Å². The number of rotatable bonds is 3. The van der Waals surface area contributed by atoms with E-state index in [1.54, 1.807) is 19.1 Å². The maximum atomic E-state index is 13.1. The van der Waals surface area contributed by atoms with Crippen molar-refractivity contribution >= 4 is 11.9 Å². The van der Waals surface area contributed by atoms with Crippen LogP contribution in [-0.2, 0) is 16.0 Å². The van der Waals surface area contributed by atoms with Crippen LogP contribution in [0.3, 0.4) is 0 Å². The number of likely N-dealkylation sites (tertiary alicyclic amines) is 1. The highest BCUT2D eigenvalue weighted by atomic mass is 19.1. The van der Waals surface area contributed by atoms with Gasteiger partial charge in [0.25, 0.3) is 0 Å². The largest absolute Gasteiger partial charge is 0.480 e. The van der Waals surface area contributed by atoms with Crippen LogP contribution < -0.4 is 0 Å². The second-order valence-corrected chi connectivity index (χ2v) is 5.03. The van der Waals surface area contributed by atoms with Gasteiger partial charge in [-0.05, 0) is 37.5 Å². The third-order valence-corrected chi connectivity index (χ3v) is 3.65. The van der Waals surface area contributed by atoms with Crippen molar-refractivity contribution in [2.75, 3.05) is 6.54 Å². The van der Waals surface area contributed by atoms with E-state index in [1.807, 2.05) is 0 Å². The molecule has 0 saturated carbocycles. The van der Waals surface area contributed by atoms with Gasteiger partial charge in [-0.15, -0.1) is 0 Å². The molecule has 1 amide bonds. The number of hydrogen-bond acceptors (Lipinski definition) is 2. The van der Waals surface area contributed by atoms with Gasteiger partial charge in [-0.2, -0.15) is 0 Å². The Hall–Kier alpha value is -1.91. The van der Waals surface area contributed by atoms with Gasteiger partial charge < -0.3 is 10.0 Å². The van der Waals surface area contributed by atoms with Gasteiger partial charge in [0.1, 0.15) is 11.4 Å². The van der Waals surface area contributed by atoms with Crippen LogP contribution in [0.4, 0.5) is 4.39 Å². The molecular formula is C14H16FNO3. The summed E-state index contributed by atoms with van der Waals surface area (Å²) in [6.45, 7) is 2.00. The number of amides is 1. The van der Waals surface area contributed by atoms with Crippen molar-refractivity contribution in [3.8, 4) is 0 Å². The first-order valence-corrected chi connectivity index (χ1v) is 6.22. The number of nitrogens with zero attached hydrogens (tertiary/aromatic N) is 1. The molecule has 0 aliphatic carbocycles. The first-order valence-electron chi connectivity index (χ1n) is 6.22. The predicted molar refractivity (Wildman–Crippen MR) is 67.1 cm³/mol. The number of hydrogen-bond donors (Lipinski definition) is 1. The second-order valence-electron chi connectivity index (χ2n) is 5.03. The average Bonchev–Trinajstić information content (AvgIpc) is 2.73. The van der Waals surface area contributed by atoms with Crippen LogP contribution >= 0.6 is 0 Å². The van der Waals surface area contributed by atoms with Crippen LogP contribution in [0.25, 0.3) is 0 Å². The van der Waals surface area contributed by atoms with Crippen molar-refractivity contribution in [1.29, 1.82) is 0 Å². The molecule has 1 atom stereocenters. The summed E-state index contributed by atoms with van der Waals surface area (Å²) in [6, 6.07) is 5.81. The van der Waals surface area contributed by atoms with Gasteiger partial charge >= 0.3 is 5.97 Å².